The van der Waals surface area contributed by atoms with Gasteiger partial charge in [0.1, 0.15) is 0 Å². The smallest absolute Gasteiger partial charge is 0.225 e. The Morgan fingerprint density at radius 3 is 2.65 bits per heavy atom. The van der Waals surface area contributed by atoms with E-state index in [-0.39, 0.29) is 17.7 Å². The molecular weight excluding hydrogens is 324 g/mol. The normalized spacial score (nSPS) is 17.2. The lowest BCUT2D eigenvalue weighted by atomic mass is 9.96. The molecule has 1 fully saturated rings. The first-order valence-corrected chi connectivity index (χ1v) is 9.27. The molecule has 0 bridgehead atoms. The van der Waals surface area contributed by atoms with E-state index >= 15 is 0 Å². The molecule has 4 heteroatoms. The molecule has 1 aliphatic rings. The van der Waals surface area contributed by atoms with Crippen LogP contribution in [0.4, 0.5) is 0 Å². The number of rotatable bonds is 6. The van der Waals surface area contributed by atoms with Gasteiger partial charge in [-0.25, -0.2) is 0 Å². The molecule has 136 valence electrons. The van der Waals surface area contributed by atoms with Gasteiger partial charge in [-0.05, 0) is 30.9 Å². The van der Waals surface area contributed by atoms with Crippen LogP contribution in [0.5, 0.6) is 0 Å². The molecule has 0 radical (unpaired) electrons. The van der Waals surface area contributed by atoms with Gasteiger partial charge in [-0.15, -0.1) is 0 Å². The summed E-state index contributed by atoms with van der Waals surface area (Å²) < 4.78 is 0. The first-order chi connectivity index (χ1) is 12.6. The first-order valence-electron chi connectivity index (χ1n) is 9.27. The number of likely N-dealkylation sites (tertiary alicyclic amines) is 1. The molecule has 26 heavy (non-hydrogen) atoms. The molecule has 1 heterocycles. The van der Waals surface area contributed by atoms with Crippen LogP contribution in [0.1, 0.15) is 29.5 Å². The van der Waals surface area contributed by atoms with Crippen LogP contribution in [0, 0.1) is 12.8 Å². The van der Waals surface area contributed by atoms with E-state index in [1.807, 2.05) is 48.2 Å². The molecule has 1 aliphatic heterocycles. The lowest BCUT2D eigenvalue weighted by Crippen LogP contribution is -2.46. The van der Waals surface area contributed by atoms with Gasteiger partial charge in [-0.1, -0.05) is 60.2 Å². The zero-order chi connectivity index (χ0) is 18.4. The zero-order valence-electron chi connectivity index (χ0n) is 15.3. The third kappa shape index (κ3) is 4.94. The number of carbonyl (C=O) groups is 2. The van der Waals surface area contributed by atoms with Crippen molar-refractivity contribution in [1.29, 1.82) is 0 Å². The summed E-state index contributed by atoms with van der Waals surface area (Å²) in [5.74, 6) is 0.0839. The van der Waals surface area contributed by atoms with Gasteiger partial charge in [0, 0.05) is 26.1 Å². The first kappa shape index (κ1) is 18.2. The fourth-order valence-electron chi connectivity index (χ4n) is 3.41. The van der Waals surface area contributed by atoms with E-state index < -0.39 is 0 Å². The molecule has 1 atom stereocenters. The summed E-state index contributed by atoms with van der Waals surface area (Å²) in [4.78, 5) is 26.6. The van der Waals surface area contributed by atoms with E-state index in [2.05, 4.69) is 23.5 Å². The minimum Gasteiger partial charge on any atom is -0.352 e. The van der Waals surface area contributed by atoms with Crippen molar-refractivity contribution in [3.8, 4) is 0 Å². The van der Waals surface area contributed by atoms with Crippen LogP contribution in [0.15, 0.2) is 54.6 Å². The third-order valence-electron chi connectivity index (χ3n) is 4.93. The highest BCUT2D eigenvalue weighted by Gasteiger charge is 2.29. The summed E-state index contributed by atoms with van der Waals surface area (Å²) in [6.45, 7) is 3.77. The maximum atomic E-state index is 12.5. The van der Waals surface area contributed by atoms with Gasteiger partial charge in [-0.2, -0.15) is 0 Å². The van der Waals surface area contributed by atoms with Crippen molar-refractivity contribution in [1.82, 2.24) is 10.2 Å². The van der Waals surface area contributed by atoms with E-state index in [0.29, 0.717) is 32.5 Å². The number of amides is 2. The summed E-state index contributed by atoms with van der Waals surface area (Å²) in [5.41, 5.74) is 3.50. The SMILES string of the molecule is Cc1cccc(CNC(=O)[C@H]2CCC(=O)N(CCc3ccccc3)C2)c1. The Morgan fingerprint density at radius 2 is 1.88 bits per heavy atom. The molecular formula is C22H26N2O2. The number of nitrogens with zero attached hydrogens (tertiary/aromatic N) is 1. The molecule has 2 amide bonds. The van der Waals surface area contributed by atoms with Gasteiger partial charge < -0.3 is 10.2 Å². The minimum atomic E-state index is -0.117. The zero-order valence-corrected chi connectivity index (χ0v) is 15.3. The Balaban J connectivity index is 1.51. The fraction of sp³-hybridized carbons (Fsp3) is 0.364. The largest absolute Gasteiger partial charge is 0.352 e. The van der Waals surface area contributed by atoms with Gasteiger partial charge >= 0.3 is 0 Å². The third-order valence-corrected chi connectivity index (χ3v) is 4.93. The molecule has 2 aromatic carbocycles. The number of piperidine rings is 1. The molecule has 4 nitrogen and oxygen atoms in total. The van der Waals surface area contributed by atoms with Crippen molar-refractivity contribution in [2.24, 2.45) is 5.92 Å². The monoisotopic (exact) mass is 350 g/mol. The van der Waals surface area contributed by atoms with Crippen molar-refractivity contribution >= 4 is 11.8 Å². The van der Waals surface area contributed by atoms with E-state index in [9.17, 15) is 9.59 Å². The van der Waals surface area contributed by atoms with Crippen LogP contribution in [0.25, 0.3) is 0 Å². The molecule has 0 saturated carbocycles. The lowest BCUT2D eigenvalue weighted by Gasteiger charge is -2.32. The van der Waals surface area contributed by atoms with Crippen LogP contribution < -0.4 is 5.32 Å². The van der Waals surface area contributed by atoms with Crippen LogP contribution in [-0.2, 0) is 22.6 Å². The molecule has 1 N–H and O–H groups in total. The highest BCUT2D eigenvalue weighted by atomic mass is 16.2. The molecule has 2 aromatic rings. The number of benzene rings is 2. The second kappa shape index (κ2) is 8.65. The van der Waals surface area contributed by atoms with E-state index in [4.69, 9.17) is 0 Å². The number of hydrogen-bond donors (Lipinski definition) is 1. The van der Waals surface area contributed by atoms with E-state index in [0.717, 1.165) is 12.0 Å². The summed E-state index contributed by atoms with van der Waals surface area (Å²) in [6.07, 6.45) is 1.92. The van der Waals surface area contributed by atoms with E-state index in [1.54, 1.807) is 0 Å². The van der Waals surface area contributed by atoms with Crippen LogP contribution in [0.2, 0.25) is 0 Å². The summed E-state index contributed by atoms with van der Waals surface area (Å²) in [6, 6.07) is 18.3. The van der Waals surface area contributed by atoms with Crippen LogP contribution >= 0.6 is 0 Å². The Hall–Kier alpha value is -2.62. The van der Waals surface area contributed by atoms with Crippen molar-refractivity contribution in [3.05, 3.63) is 71.3 Å². The average Bonchev–Trinajstić information content (AvgIpc) is 2.66. The maximum absolute atomic E-state index is 12.5. The second-order valence-corrected chi connectivity index (χ2v) is 7.02. The summed E-state index contributed by atoms with van der Waals surface area (Å²) in [5, 5.41) is 3.03. The van der Waals surface area contributed by atoms with Gasteiger partial charge in [-0.3, -0.25) is 9.59 Å². The number of aryl methyl sites for hydroxylation is 1. The van der Waals surface area contributed by atoms with Gasteiger partial charge in [0.2, 0.25) is 11.8 Å². The Kier molecular flexibility index (Phi) is 6.05. The topological polar surface area (TPSA) is 49.4 Å². The average molecular weight is 350 g/mol. The number of carbonyl (C=O) groups excluding carboxylic acids is 2. The molecule has 0 spiro atoms. The number of nitrogens with one attached hydrogen (secondary N) is 1. The highest BCUT2D eigenvalue weighted by Crippen LogP contribution is 2.18. The molecule has 0 unspecified atom stereocenters. The molecule has 3 rings (SSSR count). The second-order valence-electron chi connectivity index (χ2n) is 7.02. The van der Waals surface area contributed by atoms with Gasteiger partial charge in [0.25, 0.3) is 0 Å². The van der Waals surface area contributed by atoms with Crippen molar-refractivity contribution in [3.63, 3.8) is 0 Å². The summed E-state index contributed by atoms with van der Waals surface area (Å²) >= 11 is 0. The van der Waals surface area contributed by atoms with Gasteiger partial charge in [0.05, 0.1) is 5.92 Å². The molecule has 0 aromatic heterocycles. The van der Waals surface area contributed by atoms with Crippen LogP contribution in [-0.4, -0.2) is 29.8 Å². The predicted octanol–water partition coefficient (Wildman–Crippen LogP) is 3.09. The Bertz CT molecular complexity index is 758. The summed E-state index contributed by atoms with van der Waals surface area (Å²) in [7, 11) is 0. The quantitative estimate of drug-likeness (QED) is 0.870. The highest BCUT2D eigenvalue weighted by molar-refractivity contribution is 5.83. The number of hydrogen-bond acceptors (Lipinski definition) is 2. The predicted molar refractivity (Wildman–Crippen MR) is 102 cm³/mol. The molecule has 0 aliphatic carbocycles. The lowest BCUT2D eigenvalue weighted by molar-refractivity contribution is -0.138. The van der Waals surface area contributed by atoms with Crippen molar-refractivity contribution < 1.29 is 9.59 Å². The van der Waals surface area contributed by atoms with Crippen LogP contribution in [0.3, 0.4) is 0 Å². The Morgan fingerprint density at radius 1 is 1.12 bits per heavy atom. The van der Waals surface area contributed by atoms with Gasteiger partial charge in [0.15, 0.2) is 0 Å². The Labute approximate surface area is 155 Å². The van der Waals surface area contributed by atoms with Crippen molar-refractivity contribution in [2.75, 3.05) is 13.1 Å². The maximum Gasteiger partial charge on any atom is 0.225 e. The standard InChI is InChI=1S/C22H26N2O2/c1-17-6-5-9-19(14-17)15-23-22(26)20-10-11-21(25)24(16-20)13-12-18-7-3-2-4-8-18/h2-9,14,20H,10-13,15-16H2,1H3,(H,23,26)/t20-/m0/s1. The fourth-order valence-corrected chi connectivity index (χ4v) is 3.41. The van der Waals surface area contributed by atoms with E-state index in [1.165, 1.54) is 11.1 Å². The minimum absolute atomic E-state index is 0.0451. The van der Waals surface area contributed by atoms with Crippen molar-refractivity contribution in [2.45, 2.75) is 32.7 Å². The molecule has 1 saturated heterocycles.